The third-order valence-corrected chi connectivity index (χ3v) is 9.30. The van der Waals surface area contributed by atoms with Gasteiger partial charge in [0.15, 0.2) is 0 Å². The van der Waals surface area contributed by atoms with Crippen molar-refractivity contribution in [2.45, 2.75) is 66.2 Å². The predicted molar refractivity (Wildman–Crippen MR) is 167 cm³/mol. The zero-order valence-corrected chi connectivity index (χ0v) is 26.0. The molecule has 0 saturated carbocycles. The lowest BCUT2D eigenvalue weighted by Crippen LogP contribution is -2.33. The Morgan fingerprint density at radius 2 is 1.88 bits per heavy atom. The van der Waals surface area contributed by atoms with E-state index in [9.17, 15) is 9.90 Å². The van der Waals surface area contributed by atoms with Gasteiger partial charge in [-0.2, -0.15) is 5.10 Å². The molecule has 0 bridgehead atoms. The fourth-order valence-electron chi connectivity index (χ4n) is 6.56. The van der Waals surface area contributed by atoms with Crippen molar-refractivity contribution < 1.29 is 14.6 Å². The molecule has 1 unspecified atom stereocenters. The van der Waals surface area contributed by atoms with Crippen molar-refractivity contribution in [1.82, 2.24) is 29.7 Å². The highest BCUT2D eigenvalue weighted by Gasteiger charge is 2.40. The zero-order chi connectivity index (χ0) is 30.6. The Morgan fingerprint density at radius 1 is 1.09 bits per heavy atom. The molecule has 0 aliphatic carbocycles. The van der Waals surface area contributed by atoms with Crippen LogP contribution in [-0.4, -0.2) is 53.4 Å². The van der Waals surface area contributed by atoms with Crippen LogP contribution in [0.25, 0.3) is 21.9 Å². The molecule has 9 nitrogen and oxygen atoms in total. The molecular weight excluding hydrogens is 540 g/mol. The smallest absolute Gasteiger partial charge is 0.310 e. The number of nitrogens with zero attached hydrogens (tertiary/aromatic N) is 6. The number of carbonyl (C=O) groups is 1. The zero-order valence-electron chi connectivity index (χ0n) is 26.0. The van der Waals surface area contributed by atoms with Crippen LogP contribution in [0.3, 0.4) is 0 Å². The SMILES string of the molecule is CC[C@@H]1CN(Cc2cc(C(c3ccc4c(nnn4C)c3C)C(C)(C)C(=O)O)ccc2C)Cc2cc3cnn(C)c3cc2O1. The van der Waals surface area contributed by atoms with Crippen LogP contribution in [0.2, 0.25) is 0 Å². The first-order valence-electron chi connectivity index (χ1n) is 14.9. The monoisotopic (exact) mass is 580 g/mol. The standard InChI is InChI=1S/C34H40N6O3/c1-8-26-19-40(18-25-14-23-16-35-38(6)29(23)15-30(25)43-26)17-24-13-22(10-9-20(24)2)31(34(4,5)33(41)42)27-11-12-28-32(21(27)3)36-37-39(28)7/h9-16,26,31H,8,17-19H2,1-7H3,(H,41,42)/t26-,31?/m1/s1. The summed E-state index contributed by atoms with van der Waals surface area (Å²) in [5.74, 6) is -0.299. The molecular formula is C34H40N6O3. The first-order valence-corrected chi connectivity index (χ1v) is 14.9. The Bertz CT molecular complexity index is 1850. The highest BCUT2D eigenvalue weighted by molar-refractivity contribution is 5.82. The van der Waals surface area contributed by atoms with Gasteiger partial charge in [0, 0.05) is 56.7 Å². The summed E-state index contributed by atoms with van der Waals surface area (Å²) in [6.45, 7) is 12.2. The van der Waals surface area contributed by atoms with E-state index in [4.69, 9.17) is 4.74 Å². The van der Waals surface area contributed by atoms with Crippen LogP contribution in [0, 0.1) is 19.3 Å². The minimum absolute atomic E-state index is 0.0652. The van der Waals surface area contributed by atoms with Gasteiger partial charge >= 0.3 is 5.97 Å². The predicted octanol–water partition coefficient (Wildman–Crippen LogP) is 5.89. The highest BCUT2D eigenvalue weighted by Crippen LogP contribution is 2.44. The van der Waals surface area contributed by atoms with Gasteiger partial charge in [0.2, 0.25) is 0 Å². The second-order valence-electron chi connectivity index (χ2n) is 12.6. The summed E-state index contributed by atoms with van der Waals surface area (Å²) in [4.78, 5) is 15.2. The maximum Gasteiger partial charge on any atom is 0.310 e. The van der Waals surface area contributed by atoms with E-state index in [1.165, 1.54) is 11.1 Å². The second kappa shape index (κ2) is 10.8. The number of rotatable bonds is 7. The van der Waals surface area contributed by atoms with E-state index >= 15 is 0 Å². The van der Waals surface area contributed by atoms with Gasteiger partial charge in [0.1, 0.15) is 17.4 Å². The average Bonchev–Trinajstić information content (AvgIpc) is 3.47. The molecule has 2 aromatic heterocycles. The molecule has 5 aromatic rings. The molecule has 0 amide bonds. The van der Waals surface area contributed by atoms with Gasteiger partial charge in [-0.25, -0.2) is 4.68 Å². The average molecular weight is 581 g/mol. The number of carboxylic acid groups (broad SMARTS) is 1. The topological polar surface area (TPSA) is 98.3 Å². The summed E-state index contributed by atoms with van der Waals surface area (Å²) < 4.78 is 10.2. The van der Waals surface area contributed by atoms with Crippen LogP contribution in [0.15, 0.2) is 48.7 Å². The van der Waals surface area contributed by atoms with Crippen LogP contribution >= 0.6 is 0 Å². The Morgan fingerprint density at radius 3 is 2.63 bits per heavy atom. The van der Waals surface area contributed by atoms with E-state index in [0.29, 0.717) is 0 Å². The number of ether oxygens (including phenoxy) is 1. The van der Waals surface area contributed by atoms with Gasteiger partial charge < -0.3 is 9.84 Å². The van der Waals surface area contributed by atoms with E-state index in [1.54, 1.807) is 4.68 Å². The van der Waals surface area contributed by atoms with Crippen molar-refractivity contribution in [3.63, 3.8) is 0 Å². The van der Waals surface area contributed by atoms with Crippen LogP contribution in [0.4, 0.5) is 0 Å². The first kappa shape index (κ1) is 28.9. The van der Waals surface area contributed by atoms with E-state index in [1.807, 2.05) is 57.9 Å². The fourth-order valence-corrected chi connectivity index (χ4v) is 6.56. The molecule has 1 N–H and O–H groups in total. The molecule has 9 heteroatoms. The number of aromatic nitrogens is 5. The molecule has 3 heterocycles. The van der Waals surface area contributed by atoms with Crippen LogP contribution in [0.1, 0.15) is 66.5 Å². The van der Waals surface area contributed by atoms with E-state index in [2.05, 4.69) is 64.5 Å². The normalized spacial score (nSPS) is 16.7. The van der Waals surface area contributed by atoms with Crippen LogP contribution < -0.4 is 4.74 Å². The molecule has 3 aromatic carbocycles. The quantitative estimate of drug-likeness (QED) is 0.256. The number of benzene rings is 3. The van der Waals surface area contributed by atoms with Crippen LogP contribution in [0.5, 0.6) is 5.75 Å². The summed E-state index contributed by atoms with van der Waals surface area (Å²) in [6, 6.07) is 14.8. The minimum atomic E-state index is -1.06. The Labute approximate surface area is 252 Å². The first-order chi connectivity index (χ1) is 20.5. The van der Waals surface area contributed by atoms with Gasteiger partial charge in [-0.1, -0.05) is 36.4 Å². The van der Waals surface area contributed by atoms with Gasteiger partial charge in [-0.3, -0.25) is 14.4 Å². The van der Waals surface area contributed by atoms with Crippen molar-refractivity contribution >= 4 is 27.9 Å². The third kappa shape index (κ3) is 5.05. The number of aryl methyl sites for hydroxylation is 4. The molecule has 6 rings (SSSR count). The van der Waals surface area contributed by atoms with Gasteiger partial charge in [-0.15, -0.1) is 5.10 Å². The maximum absolute atomic E-state index is 12.7. The van der Waals surface area contributed by atoms with Gasteiger partial charge in [-0.05, 0) is 74.1 Å². The van der Waals surface area contributed by atoms with E-state index in [-0.39, 0.29) is 12.0 Å². The van der Waals surface area contributed by atoms with Crippen molar-refractivity contribution in [3.8, 4) is 5.75 Å². The fraction of sp³-hybridized carbons (Fsp3) is 0.412. The number of aliphatic carboxylic acids is 1. The minimum Gasteiger partial charge on any atom is -0.489 e. The molecule has 1 aliphatic rings. The number of fused-ring (bicyclic) bond motifs is 3. The summed E-state index contributed by atoms with van der Waals surface area (Å²) in [6.07, 6.45) is 2.87. The molecule has 43 heavy (non-hydrogen) atoms. The lowest BCUT2D eigenvalue weighted by molar-refractivity contribution is -0.147. The molecule has 0 saturated heterocycles. The van der Waals surface area contributed by atoms with Crippen molar-refractivity contribution in [2.75, 3.05) is 6.54 Å². The molecule has 1 aliphatic heterocycles. The number of carboxylic acids is 1. The molecule has 224 valence electrons. The Balaban J connectivity index is 1.40. The highest BCUT2D eigenvalue weighted by atomic mass is 16.5. The third-order valence-electron chi connectivity index (χ3n) is 9.30. The van der Waals surface area contributed by atoms with E-state index < -0.39 is 11.4 Å². The summed E-state index contributed by atoms with van der Waals surface area (Å²) in [5.41, 5.74) is 8.14. The van der Waals surface area contributed by atoms with Crippen molar-refractivity contribution in [1.29, 1.82) is 0 Å². The Kier molecular flexibility index (Phi) is 7.24. The maximum atomic E-state index is 12.7. The summed E-state index contributed by atoms with van der Waals surface area (Å²) in [7, 11) is 3.82. The van der Waals surface area contributed by atoms with Crippen molar-refractivity contribution in [2.24, 2.45) is 19.5 Å². The number of hydrogen-bond acceptors (Lipinski definition) is 6. The molecule has 0 radical (unpaired) electrons. The summed E-state index contributed by atoms with van der Waals surface area (Å²) >= 11 is 0. The molecule has 2 atom stereocenters. The molecule has 0 spiro atoms. The second-order valence-corrected chi connectivity index (χ2v) is 12.6. The van der Waals surface area contributed by atoms with Gasteiger partial charge in [0.25, 0.3) is 0 Å². The lowest BCUT2D eigenvalue weighted by atomic mass is 9.69. The number of hydrogen-bond donors (Lipinski definition) is 1. The van der Waals surface area contributed by atoms with Crippen molar-refractivity contribution in [3.05, 3.63) is 82.0 Å². The van der Waals surface area contributed by atoms with Gasteiger partial charge in [0.05, 0.1) is 22.6 Å². The van der Waals surface area contributed by atoms with E-state index in [0.717, 1.165) is 76.0 Å². The lowest BCUT2D eigenvalue weighted by Gasteiger charge is -2.33. The molecule has 0 fully saturated rings. The van der Waals surface area contributed by atoms with Crippen LogP contribution in [-0.2, 0) is 32.0 Å². The summed E-state index contributed by atoms with van der Waals surface area (Å²) in [5, 5.41) is 24.6. The Hall–Kier alpha value is -4.24. The largest absolute Gasteiger partial charge is 0.489 e.